The first-order chi connectivity index (χ1) is 8.99. The summed E-state index contributed by atoms with van der Waals surface area (Å²) in [7, 11) is 0. The molecular weight excluding hydrogens is 255 g/mol. The highest BCUT2D eigenvalue weighted by Gasteiger charge is 2.40. The van der Waals surface area contributed by atoms with Gasteiger partial charge in [0, 0.05) is 13.1 Å². The summed E-state index contributed by atoms with van der Waals surface area (Å²) in [5.41, 5.74) is 7.19. The molecule has 1 aliphatic rings. The summed E-state index contributed by atoms with van der Waals surface area (Å²) >= 11 is 0. The molecule has 1 saturated heterocycles. The number of pyridine rings is 1. The van der Waals surface area contributed by atoms with E-state index in [4.69, 9.17) is 5.73 Å². The average molecular weight is 273 g/mol. The molecule has 0 saturated carbocycles. The Bertz CT molecular complexity index is 412. The van der Waals surface area contributed by atoms with E-state index in [9.17, 15) is 13.2 Å². The van der Waals surface area contributed by atoms with Gasteiger partial charge in [-0.1, -0.05) is 6.07 Å². The highest BCUT2D eigenvalue weighted by atomic mass is 19.4. The van der Waals surface area contributed by atoms with Gasteiger partial charge in [-0.15, -0.1) is 0 Å². The van der Waals surface area contributed by atoms with Gasteiger partial charge in [0.15, 0.2) is 0 Å². The molecule has 0 amide bonds. The maximum absolute atomic E-state index is 12.5. The maximum Gasteiger partial charge on any atom is 0.391 e. The van der Waals surface area contributed by atoms with E-state index >= 15 is 0 Å². The van der Waals surface area contributed by atoms with Gasteiger partial charge in [-0.25, -0.2) is 0 Å². The van der Waals surface area contributed by atoms with Crippen molar-refractivity contribution in [2.45, 2.75) is 32.1 Å². The van der Waals surface area contributed by atoms with Crippen LogP contribution in [0.2, 0.25) is 0 Å². The predicted octanol–water partition coefficient (Wildman–Crippen LogP) is 2.31. The van der Waals surface area contributed by atoms with E-state index in [1.54, 1.807) is 0 Å². The SMILES string of the molecule is NCc1cccc(CN2CCC(C(F)(F)F)CC2)n1. The zero-order valence-electron chi connectivity index (χ0n) is 10.7. The van der Waals surface area contributed by atoms with Crippen LogP contribution in [-0.4, -0.2) is 29.1 Å². The molecule has 2 heterocycles. The Morgan fingerprint density at radius 2 is 1.84 bits per heavy atom. The first kappa shape index (κ1) is 14.3. The Morgan fingerprint density at radius 3 is 2.42 bits per heavy atom. The fourth-order valence-corrected chi connectivity index (χ4v) is 2.38. The van der Waals surface area contributed by atoms with Gasteiger partial charge < -0.3 is 5.73 Å². The third-order valence-electron chi connectivity index (χ3n) is 3.51. The number of nitrogens with two attached hydrogens (primary N) is 1. The standard InChI is InChI=1S/C13H18F3N3/c14-13(15,16)10-4-6-19(7-5-10)9-12-3-1-2-11(8-17)18-12/h1-3,10H,4-9,17H2. The van der Waals surface area contributed by atoms with Gasteiger partial charge in [-0.05, 0) is 38.1 Å². The number of rotatable bonds is 3. The molecule has 1 aromatic heterocycles. The molecule has 0 aliphatic carbocycles. The minimum atomic E-state index is -4.05. The molecule has 19 heavy (non-hydrogen) atoms. The molecular formula is C13H18F3N3. The third kappa shape index (κ3) is 3.91. The van der Waals surface area contributed by atoms with Gasteiger partial charge in [0.25, 0.3) is 0 Å². The molecule has 6 heteroatoms. The van der Waals surface area contributed by atoms with Crippen molar-refractivity contribution in [3.8, 4) is 0 Å². The van der Waals surface area contributed by atoms with Crippen LogP contribution >= 0.6 is 0 Å². The zero-order chi connectivity index (χ0) is 13.9. The highest BCUT2D eigenvalue weighted by Crippen LogP contribution is 2.34. The van der Waals surface area contributed by atoms with Crippen LogP contribution in [0.4, 0.5) is 13.2 Å². The van der Waals surface area contributed by atoms with Crippen molar-refractivity contribution in [1.82, 2.24) is 9.88 Å². The number of halogens is 3. The maximum atomic E-state index is 12.5. The normalized spacial score (nSPS) is 18.7. The van der Waals surface area contributed by atoms with Crippen molar-refractivity contribution in [3.05, 3.63) is 29.6 Å². The zero-order valence-corrected chi connectivity index (χ0v) is 10.7. The summed E-state index contributed by atoms with van der Waals surface area (Å²) in [4.78, 5) is 6.38. The molecule has 2 N–H and O–H groups in total. The summed E-state index contributed by atoms with van der Waals surface area (Å²) in [6, 6.07) is 5.61. The molecule has 2 rings (SSSR count). The molecule has 0 atom stereocenters. The second-order valence-electron chi connectivity index (χ2n) is 4.92. The van der Waals surface area contributed by atoms with Crippen LogP contribution in [0, 0.1) is 5.92 Å². The number of piperidine rings is 1. The fraction of sp³-hybridized carbons (Fsp3) is 0.615. The molecule has 106 valence electrons. The first-order valence-corrected chi connectivity index (χ1v) is 6.43. The molecule has 0 bridgehead atoms. The predicted molar refractivity (Wildman–Crippen MR) is 66.2 cm³/mol. The Labute approximate surface area is 110 Å². The van der Waals surface area contributed by atoms with Gasteiger partial charge >= 0.3 is 6.18 Å². The lowest BCUT2D eigenvalue weighted by molar-refractivity contribution is -0.185. The molecule has 1 aromatic rings. The van der Waals surface area contributed by atoms with E-state index in [1.165, 1.54) is 0 Å². The van der Waals surface area contributed by atoms with Crippen molar-refractivity contribution < 1.29 is 13.2 Å². The summed E-state index contributed by atoms with van der Waals surface area (Å²) in [5.74, 6) is -1.15. The molecule has 0 radical (unpaired) electrons. The number of hydrogen-bond donors (Lipinski definition) is 1. The number of nitrogens with zero attached hydrogens (tertiary/aromatic N) is 2. The lowest BCUT2D eigenvalue weighted by Crippen LogP contribution is -2.38. The van der Waals surface area contributed by atoms with Crippen LogP contribution in [-0.2, 0) is 13.1 Å². The van der Waals surface area contributed by atoms with E-state index in [0.717, 1.165) is 11.4 Å². The van der Waals surface area contributed by atoms with Crippen LogP contribution in [0.1, 0.15) is 24.2 Å². The van der Waals surface area contributed by atoms with E-state index in [-0.39, 0.29) is 12.8 Å². The Hall–Kier alpha value is -1.14. The topological polar surface area (TPSA) is 42.1 Å². The van der Waals surface area contributed by atoms with Gasteiger partial charge in [0.1, 0.15) is 0 Å². The smallest absolute Gasteiger partial charge is 0.325 e. The second-order valence-corrected chi connectivity index (χ2v) is 4.92. The third-order valence-corrected chi connectivity index (χ3v) is 3.51. The fourth-order valence-electron chi connectivity index (χ4n) is 2.38. The van der Waals surface area contributed by atoms with E-state index in [0.29, 0.717) is 26.2 Å². The lowest BCUT2D eigenvalue weighted by Gasteiger charge is -2.32. The number of hydrogen-bond acceptors (Lipinski definition) is 3. The minimum absolute atomic E-state index is 0.181. The van der Waals surface area contributed by atoms with Gasteiger partial charge in [0.05, 0.1) is 17.3 Å². The second kappa shape index (κ2) is 5.88. The van der Waals surface area contributed by atoms with E-state index in [1.807, 2.05) is 23.1 Å². The highest BCUT2D eigenvalue weighted by molar-refractivity contribution is 5.11. The molecule has 1 fully saturated rings. The largest absolute Gasteiger partial charge is 0.391 e. The van der Waals surface area contributed by atoms with Gasteiger partial charge in [-0.3, -0.25) is 9.88 Å². The molecule has 0 unspecified atom stereocenters. The van der Waals surface area contributed by atoms with Crippen molar-refractivity contribution in [1.29, 1.82) is 0 Å². The number of alkyl halides is 3. The van der Waals surface area contributed by atoms with Crippen molar-refractivity contribution in [2.24, 2.45) is 11.7 Å². The van der Waals surface area contributed by atoms with Crippen LogP contribution in [0.5, 0.6) is 0 Å². The molecule has 0 aromatic carbocycles. The van der Waals surface area contributed by atoms with Gasteiger partial charge in [-0.2, -0.15) is 13.2 Å². The Kier molecular flexibility index (Phi) is 4.42. The van der Waals surface area contributed by atoms with Crippen molar-refractivity contribution >= 4 is 0 Å². The van der Waals surface area contributed by atoms with Gasteiger partial charge in [0.2, 0.25) is 0 Å². The Morgan fingerprint density at radius 1 is 1.21 bits per heavy atom. The number of aromatic nitrogens is 1. The summed E-state index contributed by atoms with van der Waals surface area (Å²) in [6.45, 7) is 1.92. The molecule has 0 spiro atoms. The molecule has 3 nitrogen and oxygen atoms in total. The monoisotopic (exact) mass is 273 g/mol. The van der Waals surface area contributed by atoms with Crippen molar-refractivity contribution in [3.63, 3.8) is 0 Å². The summed E-state index contributed by atoms with van der Waals surface area (Å²) in [6.07, 6.45) is -3.69. The van der Waals surface area contributed by atoms with E-state index in [2.05, 4.69) is 4.98 Å². The average Bonchev–Trinajstić information content (AvgIpc) is 2.38. The quantitative estimate of drug-likeness (QED) is 0.919. The molecule has 1 aliphatic heterocycles. The minimum Gasteiger partial charge on any atom is -0.325 e. The van der Waals surface area contributed by atoms with Crippen LogP contribution < -0.4 is 5.73 Å². The summed E-state index contributed by atoms with van der Waals surface area (Å²) < 4.78 is 37.6. The first-order valence-electron chi connectivity index (χ1n) is 6.43. The lowest BCUT2D eigenvalue weighted by atomic mass is 9.96. The summed E-state index contributed by atoms with van der Waals surface area (Å²) in [5, 5.41) is 0. The van der Waals surface area contributed by atoms with Crippen molar-refractivity contribution in [2.75, 3.05) is 13.1 Å². The van der Waals surface area contributed by atoms with Crippen LogP contribution in [0.3, 0.4) is 0 Å². The number of likely N-dealkylation sites (tertiary alicyclic amines) is 1. The van der Waals surface area contributed by atoms with Crippen LogP contribution in [0.15, 0.2) is 18.2 Å². The van der Waals surface area contributed by atoms with E-state index < -0.39 is 12.1 Å². The Balaban J connectivity index is 1.88. The van der Waals surface area contributed by atoms with Crippen LogP contribution in [0.25, 0.3) is 0 Å².